The van der Waals surface area contributed by atoms with Crippen LogP contribution in [0.1, 0.15) is 57.4 Å². The number of rotatable bonds is 10. The van der Waals surface area contributed by atoms with Gasteiger partial charge in [-0.1, -0.05) is 12.5 Å². The first kappa shape index (κ1) is 24.8. The molecule has 2 atom stereocenters. The molecule has 0 spiro atoms. The van der Waals surface area contributed by atoms with Crippen LogP contribution in [0.25, 0.3) is 11.5 Å². The highest BCUT2D eigenvalue weighted by molar-refractivity contribution is 5.84. The molecular formula is C25H34N2O6. The maximum absolute atomic E-state index is 12.3. The predicted molar refractivity (Wildman–Crippen MR) is 123 cm³/mol. The van der Waals surface area contributed by atoms with Gasteiger partial charge in [-0.2, -0.15) is 0 Å². The van der Waals surface area contributed by atoms with E-state index in [0.717, 1.165) is 48.5 Å². The molecule has 2 aromatic rings. The van der Waals surface area contributed by atoms with Crippen LogP contribution in [0.2, 0.25) is 0 Å². The summed E-state index contributed by atoms with van der Waals surface area (Å²) in [5.41, 5.74) is 0.547. The van der Waals surface area contributed by atoms with Crippen molar-refractivity contribution in [2.24, 2.45) is 11.3 Å². The zero-order valence-electron chi connectivity index (χ0n) is 19.8. The Hall–Kier alpha value is -2.87. The third-order valence-electron chi connectivity index (χ3n) is 6.13. The summed E-state index contributed by atoms with van der Waals surface area (Å²) in [4.78, 5) is 28.1. The molecule has 8 nitrogen and oxygen atoms in total. The topological polar surface area (TPSA) is 111 Å². The molecule has 0 bridgehead atoms. The van der Waals surface area contributed by atoms with Crippen LogP contribution < -0.4 is 10.1 Å². The molecule has 1 amide bonds. The molecule has 1 saturated carbocycles. The van der Waals surface area contributed by atoms with Gasteiger partial charge in [0.25, 0.3) is 0 Å². The van der Waals surface area contributed by atoms with E-state index in [-0.39, 0.29) is 18.4 Å². The molecule has 1 aromatic carbocycles. The fourth-order valence-corrected chi connectivity index (χ4v) is 4.09. The summed E-state index contributed by atoms with van der Waals surface area (Å²) in [5, 5.41) is 12.2. The Labute approximate surface area is 194 Å². The fraction of sp³-hybridized carbons (Fsp3) is 0.560. The van der Waals surface area contributed by atoms with Crippen LogP contribution in [-0.4, -0.2) is 41.7 Å². The molecule has 2 N–H and O–H groups in total. The number of carbonyl (C=O) groups excluding carboxylic acids is 1. The van der Waals surface area contributed by atoms with Crippen molar-refractivity contribution < 1.29 is 28.6 Å². The zero-order chi connectivity index (χ0) is 24.0. The molecule has 3 rings (SSSR count). The van der Waals surface area contributed by atoms with Crippen molar-refractivity contribution >= 4 is 11.9 Å². The monoisotopic (exact) mass is 458 g/mol. The molecule has 1 heterocycles. The van der Waals surface area contributed by atoms with E-state index in [1.165, 1.54) is 0 Å². The maximum atomic E-state index is 12.3. The van der Waals surface area contributed by atoms with Crippen molar-refractivity contribution in [2.45, 2.75) is 65.5 Å². The van der Waals surface area contributed by atoms with Crippen LogP contribution in [-0.2, 0) is 20.9 Å². The standard InChI is InChI=1S/C25H34N2O6/c1-16-21(27-23(33-16)18-8-6-10-20(12-18)31-4)15-32-14-17-7-5-9-19(11-17)26-22(28)13-25(2,3)24(29)30/h6,8,10,12,17,19H,5,7,9,11,13-15H2,1-4H3,(H,26,28)(H,29,30). The Bertz CT molecular complexity index is 968. The van der Waals surface area contributed by atoms with E-state index in [0.29, 0.717) is 25.0 Å². The van der Waals surface area contributed by atoms with Crippen molar-refractivity contribution in [3.63, 3.8) is 0 Å². The zero-order valence-corrected chi connectivity index (χ0v) is 19.8. The lowest BCUT2D eigenvalue weighted by atomic mass is 9.85. The Kier molecular flexibility index (Phi) is 8.13. The summed E-state index contributed by atoms with van der Waals surface area (Å²) < 4.78 is 17.1. The van der Waals surface area contributed by atoms with Crippen LogP contribution in [0, 0.1) is 18.3 Å². The van der Waals surface area contributed by atoms with Gasteiger partial charge in [0.05, 0.1) is 19.1 Å². The lowest BCUT2D eigenvalue weighted by Crippen LogP contribution is -2.41. The smallest absolute Gasteiger partial charge is 0.309 e. The molecule has 180 valence electrons. The summed E-state index contributed by atoms with van der Waals surface area (Å²) in [7, 11) is 1.62. The van der Waals surface area contributed by atoms with E-state index in [1.807, 2.05) is 31.2 Å². The molecule has 1 aliphatic rings. The molecule has 33 heavy (non-hydrogen) atoms. The molecule has 0 saturated heterocycles. The highest BCUT2D eigenvalue weighted by Gasteiger charge is 2.31. The highest BCUT2D eigenvalue weighted by atomic mass is 16.5. The number of ether oxygens (including phenoxy) is 2. The van der Waals surface area contributed by atoms with Crippen molar-refractivity contribution in [3.8, 4) is 17.2 Å². The van der Waals surface area contributed by atoms with Gasteiger partial charge in [-0.3, -0.25) is 9.59 Å². The number of nitrogens with one attached hydrogen (secondary N) is 1. The highest BCUT2D eigenvalue weighted by Crippen LogP contribution is 2.28. The molecular weight excluding hydrogens is 424 g/mol. The molecule has 1 aliphatic carbocycles. The summed E-state index contributed by atoms with van der Waals surface area (Å²) in [6, 6.07) is 7.62. The second kappa shape index (κ2) is 10.8. The van der Waals surface area contributed by atoms with Crippen LogP contribution in [0.5, 0.6) is 5.75 Å². The van der Waals surface area contributed by atoms with Crippen molar-refractivity contribution in [1.29, 1.82) is 0 Å². The first-order chi connectivity index (χ1) is 15.7. The summed E-state index contributed by atoms with van der Waals surface area (Å²) in [5.74, 6) is 1.16. The second-order valence-electron chi connectivity index (χ2n) is 9.43. The Morgan fingerprint density at radius 2 is 2.09 bits per heavy atom. The lowest BCUT2D eigenvalue weighted by Gasteiger charge is -2.30. The van der Waals surface area contributed by atoms with Gasteiger partial charge in [-0.05, 0) is 64.2 Å². The minimum atomic E-state index is -1.07. The summed E-state index contributed by atoms with van der Waals surface area (Å²) in [6.45, 7) is 5.95. The minimum Gasteiger partial charge on any atom is -0.497 e. The maximum Gasteiger partial charge on any atom is 0.309 e. The Morgan fingerprint density at radius 3 is 2.82 bits per heavy atom. The predicted octanol–water partition coefficient (Wildman–Crippen LogP) is 4.35. The van der Waals surface area contributed by atoms with Crippen LogP contribution in [0.4, 0.5) is 0 Å². The van der Waals surface area contributed by atoms with Crippen molar-refractivity contribution in [3.05, 3.63) is 35.7 Å². The van der Waals surface area contributed by atoms with Crippen LogP contribution >= 0.6 is 0 Å². The average molecular weight is 459 g/mol. The SMILES string of the molecule is COc1cccc(-c2nc(COCC3CCCC(NC(=O)CC(C)(C)C(=O)O)C3)c(C)o2)c1. The van der Waals surface area contributed by atoms with E-state index < -0.39 is 11.4 Å². The van der Waals surface area contributed by atoms with Gasteiger partial charge in [-0.25, -0.2) is 4.98 Å². The van der Waals surface area contributed by atoms with E-state index in [4.69, 9.17) is 13.9 Å². The van der Waals surface area contributed by atoms with E-state index >= 15 is 0 Å². The number of nitrogens with zero attached hydrogens (tertiary/aromatic N) is 1. The first-order valence-electron chi connectivity index (χ1n) is 11.4. The number of aromatic nitrogens is 1. The van der Waals surface area contributed by atoms with Gasteiger partial charge in [0, 0.05) is 24.6 Å². The minimum absolute atomic E-state index is 0.0267. The van der Waals surface area contributed by atoms with Gasteiger partial charge in [0.1, 0.15) is 17.2 Å². The number of amides is 1. The van der Waals surface area contributed by atoms with Gasteiger partial charge in [0.15, 0.2) is 0 Å². The summed E-state index contributed by atoms with van der Waals surface area (Å²) >= 11 is 0. The summed E-state index contributed by atoms with van der Waals surface area (Å²) in [6.07, 6.45) is 3.75. The van der Waals surface area contributed by atoms with Crippen LogP contribution in [0.3, 0.4) is 0 Å². The molecule has 8 heteroatoms. The van der Waals surface area contributed by atoms with Crippen LogP contribution in [0.15, 0.2) is 28.7 Å². The Morgan fingerprint density at radius 1 is 1.30 bits per heavy atom. The molecule has 1 fully saturated rings. The molecule has 0 aliphatic heterocycles. The van der Waals surface area contributed by atoms with Crippen molar-refractivity contribution in [2.75, 3.05) is 13.7 Å². The third kappa shape index (κ3) is 6.81. The normalized spacial score (nSPS) is 18.7. The quantitative estimate of drug-likeness (QED) is 0.544. The third-order valence-corrected chi connectivity index (χ3v) is 6.13. The number of carboxylic acid groups (broad SMARTS) is 1. The van der Waals surface area contributed by atoms with Crippen molar-refractivity contribution in [1.82, 2.24) is 10.3 Å². The molecule has 2 unspecified atom stereocenters. The van der Waals surface area contributed by atoms with Gasteiger partial charge >= 0.3 is 5.97 Å². The fourth-order valence-electron chi connectivity index (χ4n) is 4.09. The van der Waals surface area contributed by atoms with Gasteiger partial charge in [-0.15, -0.1) is 0 Å². The first-order valence-corrected chi connectivity index (χ1v) is 11.4. The van der Waals surface area contributed by atoms with E-state index in [1.54, 1.807) is 21.0 Å². The molecule has 1 aromatic heterocycles. The second-order valence-corrected chi connectivity index (χ2v) is 9.43. The van der Waals surface area contributed by atoms with Gasteiger partial charge in [0.2, 0.25) is 11.8 Å². The Balaban J connectivity index is 1.48. The number of hydrogen-bond donors (Lipinski definition) is 2. The van der Waals surface area contributed by atoms with Gasteiger partial charge < -0.3 is 24.3 Å². The number of methoxy groups -OCH3 is 1. The number of oxazole rings is 1. The number of aliphatic carboxylic acids is 1. The van der Waals surface area contributed by atoms with E-state index in [9.17, 15) is 14.7 Å². The number of benzene rings is 1. The molecule has 0 radical (unpaired) electrons. The van der Waals surface area contributed by atoms with E-state index in [2.05, 4.69) is 10.3 Å². The number of hydrogen-bond acceptors (Lipinski definition) is 6. The number of aryl methyl sites for hydroxylation is 1. The number of carboxylic acids is 1. The largest absolute Gasteiger partial charge is 0.497 e. The number of carbonyl (C=O) groups is 2. The average Bonchev–Trinajstić information content (AvgIpc) is 3.14. The lowest BCUT2D eigenvalue weighted by molar-refractivity contribution is -0.149.